The van der Waals surface area contributed by atoms with Gasteiger partial charge in [-0.1, -0.05) is 17.3 Å². The van der Waals surface area contributed by atoms with E-state index in [-0.39, 0.29) is 0 Å². The van der Waals surface area contributed by atoms with Crippen LogP contribution < -0.4 is 9.47 Å². The van der Waals surface area contributed by atoms with Crippen LogP contribution in [0.3, 0.4) is 0 Å². The maximum absolute atomic E-state index is 10.6. The smallest absolute Gasteiger partial charge is 0.357 e. The highest BCUT2D eigenvalue weighted by atomic mass is 16.5. The van der Waals surface area contributed by atoms with Crippen molar-refractivity contribution >= 4 is 17.8 Å². The lowest BCUT2D eigenvalue weighted by molar-refractivity contribution is -0.129. The van der Waals surface area contributed by atoms with Crippen LogP contribution in [0, 0.1) is 0 Å². The van der Waals surface area contributed by atoms with Crippen LogP contribution in [-0.4, -0.2) is 36.2 Å². The van der Waals surface area contributed by atoms with E-state index < -0.39 is 11.7 Å². The number of para-hydroxylation sites is 1. The van der Waals surface area contributed by atoms with Crippen LogP contribution in [0.5, 0.6) is 11.5 Å². The molecule has 0 radical (unpaired) electrons. The van der Waals surface area contributed by atoms with E-state index in [4.69, 9.17) is 19.8 Å². The second-order valence-electron chi connectivity index (χ2n) is 3.21. The summed E-state index contributed by atoms with van der Waals surface area (Å²) in [6.07, 6.45) is 2.63. The third-order valence-electron chi connectivity index (χ3n) is 2.18. The number of hydrogen-bond acceptors (Lipinski definition) is 5. The van der Waals surface area contributed by atoms with E-state index in [1.54, 1.807) is 18.2 Å². The number of carboxylic acids is 1. The molecule has 0 heterocycles. The lowest BCUT2D eigenvalue weighted by Crippen LogP contribution is -2.09. The summed E-state index contributed by atoms with van der Waals surface area (Å²) in [5.41, 5.74) is 0.138. The van der Waals surface area contributed by atoms with Crippen LogP contribution in [0.1, 0.15) is 5.56 Å². The molecular weight excluding hydrogens is 238 g/mol. The molecule has 2 N–H and O–H groups in total. The maximum atomic E-state index is 10.6. The van der Waals surface area contributed by atoms with Gasteiger partial charge in [-0.05, 0) is 18.2 Å². The van der Waals surface area contributed by atoms with Gasteiger partial charge in [0.15, 0.2) is 17.2 Å². The van der Waals surface area contributed by atoms with Crippen LogP contribution in [-0.2, 0) is 4.79 Å². The van der Waals surface area contributed by atoms with Crippen molar-refractivity contribution in [3.63, 3.8) is 0 Å². The van der Waals surface area contributed by atoms with Crippen LogP contribution in [0.25, 0.3) is 6.08 Å². The molecule has 0 amide bonds. The number of oxime groups is 1. The van der Waals surface area contributed by atoms with E-state index in [1.807, 2.05) is 0 Å². The molecule has 0 spiro atoms. The molecule has 1 aromatic carbocycles. The normalized spacial score (nSPS) is 11.6. The largest absolute Gasteiger partial charge is 0.493 e. The van der Waals surface area contributed by atoms with Gasteiger partial charge in [0.2, 0.25) is 0 Å². The zero-order chi connectivity index (χ0) is 13.5. The number of rotatable bonds is 5. The fourth-order valence-electron chi connectivity index (χ4n) is 1.36. The van der Waals surface area contributed by atoms with Crippen molar-refractivity contribution < 1.29 is 24.6 Å². The van der Waals surface area contributed by atoms with Crippen molar-refractivity contribution in [2.75, 3.05) is 14.2 Å². The van der Waals surface area contributed by atoms with Gasteiger partial charge in [0, 0.05) is 5.56 Å². The SMILES string of the molecule is COc1cccc(C=CC(=NO)C(=O)O)c1OC. The van der Waals surface area contributed by atoms with Gasteiger partial charge in [-0.2, -0.15) is 0 Å². The predicted molar refractivity (Wildman–Crippen MR) is 65.4 cm³/mol. The number of methoxy groups -OCH3 is 2. The molecule has 1 aromatic rings. The molecule has 6 nitrogen and oxygen atoms in total. The average molecular weight is 251 g/mol. The highest BCUT2D eigenvalue weighted by molar-refractivity contribution is 6.40. The lowest BCUT2D eigenvalue weighted by atomic mass is 10.1. The first-order valence-corrected chi connectivity index (χ1v) is 4.98. The zero-order valence-electron chi connectivity index (χ0n) is 9.95. The van der Waals surface area contributed by atoms with E-state index >= 15 is 0 Å². The van der Waals surface area contributed by atoms with Gasteiger partial charge >= 0.3 is 5.97 Å². The van der Waals surface area contributed by atoms with E-state index in [9.17, 15) is 4.79 Å². The molecule has 0 saturated carbocycles. The molecule has 0 bridgehead atoms. The first kappa shape index (κ1) is 13.6. The van der Waals surface area contributed by atoms with Gasteiger partial charge < -0.3 is 19.8 Å². The third kappa shape index (κ3) is 3.00. The van der Waals surface area contributed by atoms with Gasteiger partial charge in [0.05, 0.1) is 14.2 Å². The van der Waals surface area contributed by atoms with Crippen molar-refractivity contribution in [1.29, 1.82) is 0 Å². The van der Waals surface area contributed by atoms with Crippen molar-refractivity contribution in [3.8, 4) is 11.5 Å². The van der Waals surface area contributed by atoms with Gasteiger partial charge in [-0.3, -0.25) is 0 Å². The van der Waals surface area contributed by atoms with Gasteiger partial charge in [0.1, 0.15) is 0 Å². The van der Waals surface area contributed by atoms with Crippen LogP contribution in [0.15, 0.2) is 29.4 Å². The van der Waals surface area contributed by atoms with Gasteiger partial charge in [-0.25, -0.2) is 4.79 Å². The Hall–Kier alpha value is -2.50. The molecule has 1 rings (SSSR count). The highest BCUT2D eigenvalue weighted by Gasteiger charge is 2.09. The van der Waals surface area contributed by atoms with E-state index in [1.165, 1.54) is 26.4 Å². The summed E-state index contributed by atoms with van der Waals surface area (Å²) < 4.78 is 10.3. The Bertz CT molecular complexity index is 493. The second kappa shape index (κ2) is 6.29. The molecule has 0 saturated heterocycles. The quantitative estimate of drug-likeness (QED) is 0.471. The molecule has 6 heteroatoms. The molecule has 18 heavy (non-hydrogen) atoms. The topological polar surface area (TPSA) is 88.4 Å². The van der Waals surface area contributed by atoms with Crippen molar-refractivity contribution in [2.45, 2.75) is 0 Å². The van der Waals surface area contributed by atoms with Crippen molar-refractivity contribution in [1.82, 2.24) is 0 Å². The Morgan fingerprint density at radius 1 is 1.33 bits per heavy atom. The molecule has 0 atom stereocenters. The maximum Gasteiger partial charge on any atom is 0.357 e. The summed E-state index contributed by atoms with van der Waals surface area (Å²) >= 11 is 0. The summed E-state index contributed by atoms with van der Waals surface area (Å²) in [4.78, 5) is 10.6. The fourth-order valence-corrected chi connectivity index (χ4v) is 1.36. The molecular formula is C12H13NO5. The fraction of sp³-hybridized carbons (Fsp3) is 0.167. The van der Waals surface area contributed by atoms with Crippen molar-refractivity contribution in [2.24, 2.45) is 5.16 Å². The molecule has 0 aliphatic rings. The number of ether oxygens (including phenoxy) is 2. The summed E-state index contributed by atoms with van der Waals surface area (Å²) in [5, 5.41) is 19.8. The summed E-state index contributed by atoms with van der Waals surface area (Å²) in [6.45, 7) is 0. The highest BCUT2D eigenvalue weighted by Crippen LogP contribution is 2.31. The van der Waals surface area contributed by atoms with Gasteiger partial charge in [-0.15, -0.1) is 0 Å². The number of carboxylic acid groups (broad SMARTS) is 1. The average Bonchev–Trinajstić information content (AvgIpc) is 2.38. The Balaban J connectivity index is 3.11. The third-order valence-corrected chi connectivity index (χ3v) is 2.18. The summed E-state index contributed by atoms with van der Waals surface area (Å²) in [5.74, 6) is -0.327. The van der Waals surface area contributed by atoms with Crippen LogP contribution in [0.2, 0.25) is 0 Å². The number of carbonyl (C=O) groups is 1. The van der Waals surface area contributed by atoms with E-state index in [2.05, 4.69) is 5.16 Å². The summed E-state index contributed by atoms with van der Waals surface area (Å²) in [6, 6.07) is 5.17. The zero-order valence-corrected chi connectivity index (χ0v) is 9.95. The lowest BCUT2D eigenvalue weighted by Gasteiger charge is -2.09. The predicted octanol–water partition coefficient (Wildman–Crippen LogP) is 1.63. The monoisotopic (exact) mass is 251 g/mol. The minimum Gasteiger partial charge on any atom is -0.493 e. The molecule has 0 unspecified atom stereocenters. The minimum atomic E-state index is -1.32. The summed E-state index contributed by atoms with van der Waals surface area (Å²) in [7, 11) is 2.98. The molecule has 0 aromatic heterocycles. The van der Waals surface area contributed by atoms with E-state index in [0.29, 0.717) is 17.1 Å². The first-order valence-electron chi connectivity index (χ1n) is 4.98. The molecule has 0 aliphatic heterocycles. The van der Waals surface area contributed by atoms with Crippen LogP contribution >= 0.6 is 0 Å². The number of hydrogen-bond donors (Lipinski definition) is 2. The van der Waals surface area contributed by atoms with Crippen LogP contribution in [0.4, 0.5) is 0 Å². The Labute approximate surface area is 104 Å². The number of nitrogens with zero attached hydrogens (tertiary/aromatic N) is 1. The standard InChI is InChI=1S/C12H13NO5/c1-17-10-5-3-4-8(11(10)18-2)6-7-9(13-16)12(14)15/h3-7,16H,1-2H3,(H,14,15). The Kier molecular flexibility index (Phi) is 4.74. The Morgan fingerprint density at radius 3 is 2.56 bits per heavy atom. The molecule has 0 aliphatic carbocycles. The Morgan fingerprint density at radius 2 is 2.06 bits per heavy atom. The molecule has 0 fully saturated rings. The number of aliphatic carboxylic acids is 1. The molecule has 96 valence electrons. The minimum absolute atomic E-state index is 0.471. The first-order chi connectivity index (χ1) is 8.63. The van der Waals surface area contributed by atoms with E-state index in [0.717, 1.165) is 0 Å². The van der Waals surface area contributed by atoms with Crippen molar-refractivity contribution in [3.05, 3.63) is 29.8 Å². The number of benzene rings is 1. The second-order valence-corrected chi connectivity index (χ2v) is 3.21. The van der Waals surface area contributed by atoms with Gasteiger partial charge in [0.25, 0.3) is 0 Å².